The minimum Gasteiger partial charge on any atom is -0.452 e. The standard InChI is InChI=1S/C50H30N4O2/c1-3-14-31(15-4-1)43-47-45(39-24-7-9-26-41(39)55-47)53-49(51-43)37-22-12-20-35(29-37)33-18-11-19-34(28-33)36-21-13-23-38(30-36)50-52-44(32-16-5-2-6-17-32)48-46(54-50)40-25-8-10-27-42(40)56-48/h1-30H. The van der Waals surface area contributed by atoms with Gasteiger partial charge in [0.05, 0.1) is 0 Å². The molecule has 6 nitrogen and oxygen atoms in total. The van der Waals surface area contributed by atoms with Crippen LogP contribution in [0.3, 0.4) is 0 Å². The van der Waals surface area contributed by atoms with Crippen molar-refractivity contribution in [2.45, 2.75) is 0 Å². The molecule has 0 atom stereocenters. The van der Waals surface area contributed by atoms with Gasteiger partial charge in [0.15, 0.2) is 22.8 Å². The lowest BCUT2D eigenvalue weighted by atomic mass is 9.97. The van der Waals surface area contributed by atoms with Gasteiger partial charge in [-0.1, -0.05) is 140 Å². The van der Waals surface area contributed by atoms with E-state index in [2.05, 4.69) is 109 Å². The van der Waals surface area contributed by atoms with Gasteiger partial charge in [-0.3, -0.25) is 0 Å². The van der Waals surface area contributed by atoms with Gasteiger partial charge in [-0.25, -0.2) is 19.9 Å². The summed E-state index contributed by atoms with van der Waals surface area (Å²) in [5, 5.41) is 1.93. The number of hydrogen-bond donors (Lipinski definition) is 0. The maximum atomic E-state index is 6.33. The smallest absolute Gasteiger partial charge is 0.180 e. The summed E-state index contributed by atoms with van der Waals surface area (Å²) in [5.74, 6) is 1.29. The first-order chi connectivity index (χ1) is 27.7. The highest BCUT2D eigenvalue weighted by molar-refractivity contribution is 6.08. The van der Waals surface area contributed by atoms with Crippen molar-refractivity contribution in [2.24, 2.45) is 0 Å². The van der Waals surface area contributed by atoms with Crippen LogP contribution in [0.4, 0.5) is 0 Å². The molecule has 11 aromatic rings. The minimum atomic E-state index is 0.644. The zero-order valence-corrected chi connectivity index (χ0v) is 29.9. The summed E-state index contributed by atoms with van der Waals surface area (Å²) >= 11 is 0. The average Bonchev–Trinajstić information content (AvgIpc) is 3.85. The van der Waals surface area contributed by atoms with Crippen LogP contribution in [-0.4, -0.2) is 19.9 Å². The largest absolute Gasteiger partial charge is 0.452 e. The first-order valence-corrected chi connectivity index (χ1v) is 18.5. The normalized spacial score (nSPS) is 11.6. The summed E-state index contributed by atoms with van der Waals surface area (Å²) < 4.78 is 12.7. The van der Waals surface area contributed by atoms with Crippen molar-refractivity contribution < 1.29 is 8.83 Å². The van der Waals surface area contributed by atoms with E-state index in [9.17, 15) is 0 Å². The van der Waals surface area contributed by atoms with Gasteiger partial charge in [-0.05, 0) is 64.7 Å². The van der Waals surface area contributed by atoms with Gasteiger partial charge in [-0.15, -0.1) is 0 Å². The predicted octanol–water partition coefficient (Wildman–Crippen LogP) is 13.1. The van der Waals surface area contributed by atoms with E-state index >= 15 is 0 Å². The van der Waals surface area contributed by atoms with Gasteiger partial charge >= 0.3 is 0 Å². The molecule has 0 spiro atoms. The van der Waals surface area contributed by atoms with E-state index in [-0.39, 0.29) is 0 Å². The van der Waals surface area contributed by atoms with Crippen LogP contribution in [-0.2, 0) is 0 Å². The quantitative estimate of drug-likeness (QED) is 0.170. The van der Waals surface area contributed by atoms with E-state index in [4.69, 9.17) is 28.8 Å². The van der Waals surface area contributed by atoms with Gasteiger partial charge in [0.25, 0.3) is 0 Å². The van der Waals surface area contributed by atoms with Crippen LogP contribution in [0.5, 0.6) is 0 Å². The van der Waals surface area contributed by atoms with Crippen molar-refractivity contribution in [3.8, 4) is 67.5 Å². The van der Waals surface area contributed by atoms with E-state index in [1.807, 2.05) is 72.8 Å². The number of furan rings is 2. The average molecular weight is 719 g/mol. The fourth-order valence-electron chi connectivity index (χ4n) is 7.58. The van der Waals surface area contributed by atoms with E-state index in [0.717, 1.165) is 88.9 Å². The third-order valence-electron chi connectivity index (χ3n) is 10.3. The monoisotopic (exact) mass is 718 g/mol. The molecule has 0 saturated heterocycles. The zero-order chi connectivity index (χ0) is 37.0. The second-order valence-electron chi connectivity index (χ2n) is 13.8. The van der Waals surface area contributed by atoms with Crippen LogP contribution >= 0.6 is 0 Å². The molecule has 0 aliphatic heterocycles. The lowest BCUT2D eigenvalue weighted by Crippen LogP contribution is -1.94. The lowest BCUT2D eigenvalue weighted by molar-refractivity contribution is 0.667. The molecule has 56 heavy (non-hydrogen) atoms. The molecule has 4 heterocycles. The third kappa shape index (κ3) is 5.43. The molecule has 7 aromatic carbocycles. The molecular formula is C50H30N4O2. The van der Waals surface area contributed by atoms with Crippen molar-refractivity contribution in [1.29, 1.82) is 0 Å². The Hall–Kier alpha value is -7.70. The Morgan fingerprint density at radius 1 is 0.286 bits per heavy atom. The van der Waals surface area contributed by atoms with Gasteiger partial charge in [0, 0.05) is 33.0 Å². The van der Waals surface area contributed by atoms with Gasteiger partial charge < -0.3 is 8.83 Å². The summed E-state index contributed by atoms with van der Waals surface area (Å²) in [6.45, 7) is 0. The van der Waals surface area contributed by atoms with E-state index in [1.54, 1.807) is 0 Å². The summed E-state index contributed by atoms with van der Waals surface area (Å²) in [7, 11) is 0. The molecule has 0 saturated carbocycles. The molecule has 4 aromatic heterocycles. The van der Waals surface area contributed by atoms with E-state index in [0.29, 0.717) is 22.8 Å². The number of aromatic nitrogens is 4. The van der Waals surface area contributed by atoms with E-state index in [1.165, 1.54) is 0 Å². The van der Waals surface area contributed by atoms with Crippen LogP contribution in [0.15, 0.2) is 191 Å². The number of para-hydroxylation sites is 2. The zero-order valence-electron chi connectivity index (χ0n) is 29.9. The second-order valence-corrected chi connectivity index (χ2v) is 13.8. The lowest BCUT2D eigenvalue weighted by Gasteiger charge is -2.10. The van der Waals surface area contributed by atoms with Crippen molar-refractivity contribution in [3.63, 3.8) is 0 Å². The number of benzene rings is 7. The Morgan fingerprint density at radius 3 is 1.05 bits per heavy atom. The van der Waals surface area contributed by atoms with Gasteiger partial charge in [0.2, 0.25) is 0 Å². The highest BCUT2D eigenvalue weighted by Crippen LogP contribution is 2.38. The molecular weight excluding hydrogens is 689 g/mol. The maximum absolute atomic E-state index is 6.33. The molecule has 262 valence electrons. The van der Waals surface area contributed by atoms with Crippen molar-refractivity contribution in [1.82, 2.24) is 19.9 Å². The molecule has 0 bridgehead atoms. The highest BCUT2D eigenvalue weighted by Gasteiger charge is 2.20. The molecule has 0 aliphatic rings. The first-order valence-electron chi connectivity index (χ1n) is 18.5. The Kier molecular flexibility index (Phi) is 7.38. The number of fused-ring (bicyclic) bond motifs is 6. The minimum absolute atomic E-state index is 0.644. The van der Waals surface area contributed by atoms with Gasteiger partial charge in [0.1, 0.15) is 33.6 Å². The van der Waals surface area contributed by atoms with Crippen LogP contribution in [0.1, 0.15) is 0 Å². The Morgan fingerprint density at radius 2 is 0.625 bits per heavy atom. The fourth-order valence-corrected chi connectivity index (χ4v) is 7.58. The summed E-state index contributed by atoms with van der Waals surface area (Å²) in [4.78, 5) is 20.4. The molecule has 0 N–H and O–H groups in total. The van der Waals surface area contributed by atoms with Crippen molar-refractivity contribution >= 4 is 44.1 Å². The number of hydrogen-bond acceptors (Lipinski definition) is 6. The highest BCUT2D eigenvalue weighted by atomic mass is 16.3. The third-order valence-corrected chi connectivity index (χ3v) is 10.3. The molecule has 0 unspecified atom stereocenters. The number of rotatable bonds is 6. The maximum Gasteiger partial charge on any atom is 0.180 e. The van der Waals surface area contributed by atoms with Crippen LogP contribution in [0.2, 0.25) is 0 Å². The fraction of sp³-hybridized carbons (Fsp3) is 0. The summed E-state index contributed by atoms with van der Waals surface area (Å²) in [6.07, 6.45) is 0. The summed E-state index contributed by atoms with van der Waals surface area (Å²) in [5.41, 5.74) is 14.2. The van der Waals surface area contributed by atoms with Crippen LogP contribution < -0.4 is 0 Å². The Balaban J connectivity index is 0.990. The Bertz CT molecular complexity index is 3040. The molecule has 11 rings (SSSR count). The molecule has 0 fully saturated rings. The molecule has 0 amide bonds. The predicted molar refractivity (Wildman–Crippen MR) is 225 cm³/mol. The van der Waals surface area contributed by atoms with Crippen LogP contribution in [0, 0.1) is 0 Å². The summed E-state index contributed by atoms with van der Waals surface area (Å²) in [6, 6.07) is 61.8. The number of nitrogens with zero attached hydrogens (tertiary/aromatic N) is 4. The van der Waals surface area contributed by atoms with E-state index < -0.39 is 0 Å². The van der Waals surface area contributed by atoms with Crippen LogP contribution in [0.25, 0.3) is 112 Å². The molecule has 6 heteroatoms. The van der Waals surface area contributed by atoms with Crippen molar-refractivity contribution in [2.75, 3.05) is 0 Å². The molecule has 0 aliphatic carbocycles. The topological polar surface area (TPSA) is 77.8 Å². The van der Waals surface area contributed by atoms with Gasteiger partial charge in [-0.2, -0.15) is 0 Å². The SMILES string of the molecule is c1ccc(-c2nc(-c3cccc(-c4cccc(-c5cccc(-c6nc(-c7ccccc7)c7oc8ccccc8c7n6)c5)c4)c3)nc3c2oc2ccccc23)cc1. The Labute approximate surface area is 321 Å². The molecule has 0 radical (unpaired) electrons. The first kappa shape index (κ1) is 31.8. The van der Waals surface area contributed by atoms with Crippen molar-refractivity contribution in [3.05, 3.63) is 182 Å². The second kappa shape index (κ2) is 13.0.